The van der Waals surface area contributed by atoms with Crippen molar-refractivity contribution in [2.75, 3.05) is 45.8 Å². The van der Waals surface area contributed by atoms with E-state index in [1.54, 1.807) is 0 Å². The number of nitrogens with zero attached hydrogens (tertiary/aromatic N) is 2. The molecule has 0 saturated carbocycles. The van der Waals surface area contributed by atoms with Crippen LogP contribution < -0.4 is 5.32 Å². The van der Waals surface area contributed by atoms with Crippen LogP contribution in [-0.4, -0.2) is 61.2 Å². The van der Waals surface area contributed by atoms with E-state index in [2.05, 4.69) is 53.4 Å². The molecule has 0 spiro atoms. The van der Waals surface area contributed by atoms with Gasteiger partial charge in [0, 0.05) is 56.2 Å². The summed E-state index contributed by atoms with van der Waals surface area (Å²) in [4.78, 5) is 6.66. The van der Waals surface area contributed by atoms with Gasteiger partial charge in [-0.05, 0) is 38.6 Å². The quantitative estimate of drug-likeness (QED) is 0.813. The highest BCUT2D eigenvalue weighted by molar-refractivity contribution is 7.09. The van der Waals surface area contributed by atoms with Gasteiger partial charge in [0.25, 0.3) is 0 Å². The van der Waals surface area contributed by atoms with Gasteiger partial charge in [-0.1, -0.05) is 6.07 Å². The Morgan fingerprint density at radius 3 is 2.50 bits per heavy atom. The van der Waals surface area contributed by atoms with Crippen molar-refractivity contribution >= 4 is 11.3 Å². The third-order valence-corrected chi connectivity index (χ3v) is 4.99. The van der Waals surface area contributed by atoms with Crippen molar-refractivity contribution in [1.29, 1.82) is 0 Å². The highest BCUT2D eigenvalue weighted by Crippen LogP contribution is 2.15. The van der Waals surface area contributed by atoms with Crippen LogP contribution in [0, 0.1) is 0 Å². The normalized spacial score (nSPS) is 18.6. The zero-order valence-corrected chi connectivity index (χ0v) is 14.0. The Kier molecular flexibility index (Phi) is 6.02. The molecule has 114 valence electrons. The molecule has 2 rings (SSSR count). The van der Waals surface area contributed by atoms with Gasteiger partial charge in [0.15, 0.2) is 0 Å². The molecule has 20 heavy (non-hydrogen) atoms. The number of nitrogens with one attached hydrogen (secondary N) is 1. The number of thiophene rings is 1. The Morgan fingerprint density at radius 1 is 1.15 bits per heavy atom. The maximum Gasteiger partial charge on any atom is 0.0126 e. The van der Waals surface area contributed by atoms with Crippen LogP contribution in [0.1, 0.15) is 25.6 Å². The van der Waals surface area contributed by atoms with Crippen LogP contribution in [0.5, 0.6) is 0 Å². The fraction of sp³-hybridized carbons (Fsp3) is 0.750. The van der Waals surface area contributed by atoms with E-state index in [-0.39, 0.29) is 0 Å². The van der Waals surface area contributed by atoms with E-state index in [9.17, 15) is 0 Å². The van der Waals surface area contributed by atoms with Crippen LogP contribution in [0.25, 0.3) is 0 Å². The third-order valence-electron chi connectivity index (χ3n) is 4.05. The summed E-state index contributed by atoms with van der Waals surface area (Å²) >= 11 is 1.86. The minimum atomic E-state index is 0.324. The van der Waals surface area contributed by atoms with Gasteiger partial charge in [-0.15, -0.1) is 11.3 Å². The maximum atomic E-state index is 3.56. The standard InChI is InChI=1S/C16H29N3S/c1-16(2,3)19-12-10-18(11-13-19)9-8-17-7-6-15-5-4-14-20-15/h4-5,14,17H,6-13H2,1-3H3. The number of piperazine rings is 1. The molecule has 0 aromatic carbocycles. The summed E-state index contributed by atoms with van der Waals surface area (Å²) in [6.45, 7) is 15.2. The van der Waals surface area contributed by atoms with Gasteiger partial charge >= 0.3 is 0 Å². The summed E-state index contributed by atoms with van der Waals surface area (Å²) in [7, 11) is 0. The monoisotopic (exact) mass is 295 g/mol. The summed E-state index contributed by atoms with van der Waals surface area (Å²) in [6.07, 6.45) is 1.16. The fourth-order valence-corrected chi connectivity index (χ4v) is 3.38. The summed E-state index contributed by atoms with van der Waals surface area (Å²) in [5, 5.41) is 5.72. The average Bonchev–Trinajstić information content (AvgIpc) is 2.91. The molecule has 1 fully saturated rings. The Hall–Kier alpha value is -0.420. The Labute approximate surface area is 128 Å². The Morgan fingerprint density at radius 2 is 1.90 bits per heavy atom. The molecule has 0 radical (unpaired) electrons. The van der Waals surface area contributed by atoms with Crippen molar-refractivity contribution in [3.63, 3.8) is 0 Å². The molecule has 0 unspecified atom stereocenters. The first-order valence-corrected chi connectivity index (χ1v) is 8.64. The van der Waals surface area contributed by atoms with Crippen molar-refractivity contribution in [2.45, 2.75) is 32.7 Å². The molecule has 1 aromatic heterocycles. The van der Waals surface area contributed by atoms with Crippen LogP contribution in [0.15, 0.2) is 17.5 Å². The van der Waals surface area contributed by atoms with Gasteiger partial charge in [0.2, 0.25) is 0 Å². The first-order valence-electron chi connectivity index (χ1n) is 7.76. The van der Waals surface area contributed by atoms with Gasteiger partial charge in [-0.3, -0.25) is 9.80 Å². The second-order valence-corrected chi connectivity index (χ2v) is 7.61. The van der Waals surface area contributed by atoms with E-state index < -0.39 is 0 Å². The summed E-state index contributed by atoms with van der Waals surface area (Å²) in [5.41, 5.74) is 0.324. The minimum absolute atomic E-state index is 0.324. The van der Waals surface area contributed by atoms with Crippen LogP contribution in [0.4, 0.5) is 0 Å². The third kappa shape index (κ3) is 5.17. The largest absolute Gasteiger partial charge is 0.315 e. The van der Waals surface area contributed by atoms with Gasteiger partial charge < -0.3 is 5.32 Å². The van der Waals surface area contributed by atoms with Gasteiger partial charge in [-0.25, -0.2) is 0 Å². The molecule has 1 aliphatic rings. The molecule has 1 saturated heterocycles. The number of rotatable bonds is 6. The van der Waals surface area contributed by atoms with Crippen molar-refractivity contribution in [3.8, 4) is 0 Å². The van der Waals surface area contributed by atoms with Crippen LogP contribution in [0.3, 0.4) is 0 Å². The lowest BCUT2D eigenvalue weighted by atomic mass is 10.1. The van der Waals surface area contributed by atoms with Crippen LogP contribution >= 0.6 is 11.3 Å². The average molecular weight is 295 g/mol. The number of hydrogen-bond acceptors (Lipinski definition) is 4. The highest BCUT2D eigenvalue weighted by Gasteiger charge is 2.25. The van der Waals surface area contributed by atoms with E-state index in [1.807, 2.05) is 11.3 Å². The minimum Gasteiger partial charge on any atom is -0.315 e. The van der Waals surface area contributed by atoms with E-state index in [0.717, 1.165) is 19.5 Å². The first kappa shape index (κ1) is 16.0. The van der Waals surface area contributed by atoms with Crippen molar-refractivity contribution in [1.82, 2.24) is 15.1 Å². The zero-order valence-electron chi connectivity index (χ0n) is 13.2. The second kappa shape index (κ2) is 7.55. The Bertz CT molecular complexity index is 362. The molecule has 0 bridgehead atoms. The molecule has 3 nitrogen and oxygen atoms in total. The molecule has 1 aromatic rings. The number of hydrogen-bond donors (Lipinski definition) is 1. The van der Waals surface area contributed by atoms with Crippen molar-refractivity contribution in [2.24, 2.45) is 0 Å². The van der Waals surface area contributed by atoms with Crippen LogP contribution in [-0.2, 0) is 6.42 Å². The van der Waals surface area contributed by atoms with E-state index >= 15 is 0 Å². The van der Waals surface area contributed by atoms with Crippen molar-refractivity contribution < 1.29 is 0 Å². The molecule has 0 atom stereocenters. The molecule has 2 heterocycles. The lowest BCUT2D eigenvalue weighted by Gasteiger charge is -2.42. The molecule has 4 heteroatoms. The molecule has 0 aliphatic carbocycles. The zero-order chi connectivity index (χ0) is 14.4. The Balaban J connectivity index is 1.53. The van der Waals surface area contributed by atoms with Gasteiger partial charge in [0.05, 0.1) is 0 Å². The van der Waals surface area contributed by atoms with Gasteiger partial charge in [-0.2, -0.15) is 0 Å². The smallest absolute Gasteiger partial charge is 0.0126 e. The van der Waals surface area contributed by atoms with Gasteiger partial charge in [0.1, 0.15) is 0 Å². The molecule has 1 aliphatic heterocycles. The molecule has 0 amide bonds. The summed E-state index contributed by atoms with van der Waals surface area (Å²) < 4.78 is 0. The lowest BCUT2D eigenvalue weighted by molar-refractivity contribution is 0.0628. The van der Waals surface area contributed by atoms with E-state index in [0.29, 0.717) is 5.54 Å². The van der Waals surface area contributed by atoms with Crippen LogP contribution in [0.2, 0.25) is 0 Å². The molecular weight excluding hydrogens is 266 g/mol. The maximum absolute atomic E-state index is 3.56. The predicted octanol–water partition coefficient (Wildman–Crippen LogP) is 2.30. The lowest BCUT2D eigenvalue weighted by Crippen LogP contribution is -2.54. The predicted molar refractivity (Wildman–Crippen MR) is 88.7 cm³/mol. The molecular formula is C16H29N3S. The van der Waals surface area contributed by atoms with E-state index in [4.69, 9.17) is 0 Å². The van der Waals surface area contributed by atoms with Crippen molar-refractivity contribution in [3.05, 3.63) is 22.4 Å². The summed E-state index contributed by atoms with van der Waals surface area (Å²) in [5.74, 6) is 0. The highest BCUT2D eigenvalue weighted by atomic mass is 32.1. The molecule has 1 N–H and O–H groups in total. The fourth-order valence-electron chi connectivity index (χ4n) is 2.67. The topological polar surface area (TPSA) is 18.5 Å². The SMILES string of the molecule is CC(C)(C)N1CCN(CCNCCc2cccs2)CC1. The first-order chi connectivity index (χ1) is 9.55. The summed E-state index contributed by atoms with van der Waals surface area (Å²) in [6, 6.07) is 4.35. The van der Waals surface area contributed by atoms with E-state index in [1.165, 1.54) is 37.6 Å². The second-order valence-electron chi connectivity index (χ2n) is 6.58.